The Morgan fingerprint density at radius 3 is 2.69 bits per heavy atom. The van der Waals surface area contributed by atoms with E-state index in [1.807, 2.05) is 36.4 Å². The van der Waals surface area contributed by atoms with Gasteiger partial charge < -0.3 is 9.47 Å². The molecular formula is C23H25FN6O2. The number of piperazine rings is 1. The molecule has 5 rings (SSSR count). The minimum Gasteiger partial charge on any atom is -0.454 e. The Bertz CT molecular complexity index is 1100. The standard InChI is InChI=1S/C23H25FN6O2/c1-2-9-28-10-12-29(13-11-28)22(18-5-3-4-6-19(18)24)23-25-26-27-30(23)15-17-7-8-20-21(14-17)32-16-31-20/h2-8,14,22H,1,9-13,15-16H2. The zero-order valence-electron chi connectivity index (χ0n) is 17.7. The average molecular weight is 436 g/mol. The maximum absolute atomic E-state index is 14.9. The van der Waals surface area contributed by atoms with E-state index in [0.717, 1.165) is 44.0 Å². The van der Waals surface area contributed by atoms with Crippen molar-refractivity contribution in [2.75, 3.05) is 39.5 Å². The molecule has 1 unspecified atom stereocenters. The molecule has 2 aliphatic rings. The highest BCUT2D eigenvalue weighted by molar-refractivity contribution is 5.44. The van der Waals surface area contributed by atoms with Gasteiger partial charge in [-0.1, -0.05) is 30.3 Å². The second kappa shape index (κ2) is 9.05. The first kappa shape index (κ1) is 20.6. The summed E-state index contributed by atoms with van der Waals surface area (Å²) in [5.41, 5.74) is 1.55. The van der Waals surface area contributed by atoms with E-state index in [-0.39, 0.29) is 18.7 Å². The first-order valence-electron chi connectivity index (χ1n) is 10.7. The van der Waals surface area contributed by atoms with Gasteiger partial charge >= 0.3 is 0 Å². The fraction of sp³-hybridized carbons (Fsp3) is 0.348. The van der Waals surface area contributed by atoms with Gasteiger partial charge in [0.05, 0.1) is 6.54 Å². The highest BCUT2D eigenvalue weighted by Gasteiger charge is 2.32. The molecule has 1 atom stereocenters. The van der Waals surface area contributed by atoms with E-state index >= 15 is 0 Å². The fourth-order valence-corrected chi connectivity index (χ4v) is 4.31. The Morgan fingerprint density at radius 1 is 1.06 bits per heavy atom. The van der Waals surface area contributed by atoms with Gasteiger partial charge in [-0.05, 0) is 34.2 Å². The largest absolute Gasteiger partial charge is 0.454 e. The molecule has 2 aliphatic heterocycles. The third kappa shape index (κ3) is 4.09. The van der Waals surface area contributed by atoms with Crippen LogP contribution in [0.4, 0.5) is 4.39 Å². The highest BCUT2D eigenvalue weighted by Crippen LogP contribution is 2.34. The molecule has 0 N–H and O–H groups in total. The summed E-state index contributed by atoms with van der Waals surface area (Å²) in [6, 6.07) is 12.3. The zero-order chi connectivity index (χ0) is 21.9. The molecule has 0 radical (unpaired) electrons. The lowest BCUT2D eigenvalue weighted by Gasteiger charge is -2.38. The SMILES string of the molecule is C=CCN1CCN(C(c2ccccc2F)c2nnnn2Cc2ccc3c(c2)OCO3)CC1. The van der Waals surface area contributed by atoms with Crippen LogP contribution in [0.25, 0.3) is 0 Å². The molecule has 3 heterocycles. The van der Waals surface area contributed by atoms with Gasteiger partial charge in [0.2, 0.25) is 6.79 Å². The van der Waals surface area contributed by atoms with Crippen molar-refractivity contribution in [3.8, 4) is 11.5 Å². The molecule has 0 bridgehead atoms. The summed E-state index contributed by atoms with van der Waals surface area (Å²) < 4.78 is 27.6. The molecule has 1 aromatic heterocycles. The smallest absolute Gasteiger partial charge is 0.231 e. The van der Waals surface area contributed by atoms with Crippen molar-refractivity contribution in [3.63, 3.8) is 0 Å². The zero-order valence-corrected chi connectivity index (χ0v) is 17.7. The summed E-state index contributed by atoms with van der Waals surface area (Å²) in [5.74, 6) is 1.79. The molecule has 3 aromatic rings. The lowest BCUT2D eigenvalue weighted by atomic mass is 10.0. The van der Waals surface area contributed by atoms with E-state index in [2.05, 4.69) is 31.9 Å². The van der Waals surface area contributed by atoms with E-state index in [1.165, 1.54) is 6.07 Å². The van der Waals surface area contributed by atoms with Crippen LogP contribution in [0.15, 0.2) is 55.1 Å². The molecule has 166 valence electrons. The molecule has 0 saturated carbocycles. The summed E-state index contributed by atoms with van der Waals surface area (Å²) in [6.45, 7) is 8.66. The molecule has 2 aromatic carbocycles. The third-order valence-electron chi connectivity index (χ3n) is 5.93. The molecule has 9 heteroatoms. The Labute approximate surface area is 185 Å². The van der Waals surface area contributed by atoms with Crippen LogP contribution in [-0.4, -0.2) is 69.5 Å². The lowest BCUT2D eigenvalue weighted by Crippen LogP contribution is -2.48. The normalized spacial score (nSPS) is 17.4. The van der Waals surface area contributed by atoms with E-state index in [4.69, 9.17) is 9.47 Å². The molecule has 8 nitrogen and oxygen atoms in total. The minimum absolute atomic E-state index is 0.224. The number of fused-ring (bicyclic) bond motifs is 1. The summed E-state index contributed by atoms with van der Waals surface area (Å²) in [4.78, 5) is 4.58. The first-order valence-corrected chi connectivity index (χ1v) is 10.7. The average Bonchev–Trinajstić information content (AvgIpc) is 3.46. The molecule has 1 saturated heterocycles. The Hall–Kier alpha value is -3.30. The highest BCUT2D eigenvalue weighted by atomic mass is 19.1. The lowest BCUT2D eigenvalue weighted by molar-refractivity contribution is 0.111. The summed E-state index contributed by atoms with van der Waals surface area (Å²) >= 11 is 0. The van der Waals surface area contributed by atoms with Crippen LogP contribution < -0.4 is 9.47 Å². The van der Waals surface area contributed by atoms with Gasteiger partial charge in [-0.15, -0.1) is 11.7 Å². The van der Waals surface area contributed by atoms with Crippen LogP contribution in [0.1, 0.15) is 23.0 Å². The van der Waals surface area contributed by atoms with Crippen molar-refractivity contribution in [2.45, 2.75) is 12.6 Å². The van der Waals surface area contributed by atoms with Gasteiger partial charge in [-0.3, -0.25) is 9.80 Å². The van der Waals surface area contributed by atoms with E-state index in [1.54, 1.807) is 10.7 Å². The summed E-state index contributed by atoms with van der Waals surface area (Å²) in [6.07, 6.45) is 1.91. The van der Waals surface area contributed by atoms with Crippen molar-refractivity contribution in [1.29, 1.82) is 0 Å². The van der Waals surface area contributed by atoms with E-state index in [0.29, 0.717) is 23.7 Å². The number of ether oxygens (including phenoxy) is 2. The Morgan fingerprint density at radius 2 is 1.88 bits per heavy atom. The fourth-order valence-electron chi connectivity index (χ4n) is 4.31. The quantitative estimate of drug-likeness (QED) is 0.527. The number of nitrogens with zero attached hydrogens (tertiary/aromatic N) is 6. The minimum atomic E-state index is -0.383. The number of benzene rings is 2. The predicted octanol–water partition coefficient (Wildman–Crippen LogP) is 2.48. The van der Waals surface area contributed by atoms with Crippen molar-refractivity contribution >= 4 is 0 Å². The van der Waals surface area contributed by atoms with E-state index < -0.39 is 0 Å². The number of hydrogen-bond donors (Lipinski definition) is 0. The van der Waals surface area contributed by atoms with Crippen LogP contribution >= 0.6 is 0 Å². The summed E-state index contributed by atoms with van der Waals surface area (Å²) in [7, 11) is 0. The Balaban J connectivity index is 1.46. The maximum Gasteiger partial charge on any atom is 0.231 e. The molecule has 0 aliphatic carbocycles. The van der Waals surface area contributed by atoms with Gasteiger partial charge in [0, 0.05) is 38.3 Å². The van der Waals surface area contributed by atoms with Crippen molar-refractivity contribution in [3.05, 3.63) is 77.9 Å². The van der Waals surface area contributed by atoms with Crippen LogP contribution in [0.5, 0.6) is 11.5 Å². The molecule has 1 fully saturated rings. The van der Waals surface area contributed by atoms with E-state index in [9.17, 15) is 4.39 Å². The molecule has 0 amide bonds. The molecular weight excluding hydrogens is 411 g/mol. The predicted molar refractivity (Wildman–Crippen MR) is 116 cm³/mol. The first-order chi connectivity index (χ1) is 15.7. The maximum atomic E-state index is 14.9. The van der Waals surface area contributed by atoms with Gasteiger partial charge in [0.15, 0.2) is 17.3 Å². The van der Waals surface area contributed by atoms with Crippen molar-refractivity contribution in [1.82, 2.24) is 30.0 Å². The monoisotopic (exact) mass is 436 g/mol. The number of tetrazole rings is 1. The van der Waals surface area contributed by atoms with Gasteiger partial charge in [-0.2, -0.15) is 0 Å². The number of aromatic nitrogens is 4. The van der Waals surface area contributed by atoms with Gasteiger partial charge in [-0.25, -0.2) is 9.07 Å². The van der Waals surface area contributed by atoms with Gasteiger partial charge in [0.25, 0.3) is 0 Å². The van der Waals surface area contributed by atoms with Crippen LogP contribution in [0.2, 0.25) is 0 Å². The Kier molecular flexibility index (Phi) is 5.83. The second-order valence-electron chi connectivity index (χ2n) is 7.93. The van der Waals surface area contributed by atoms with Crippen LogP contribution in [-0.2, 0) is 6.54 Å². The van der Waals surface area contributed by atoms with Crippen LogP contribution in [0.3, 0.4) is 0 Å². The van der Waals surface area contributed by atoms with Crippen LogP contribution in [0, 0.1) is 5.82 Å². The van der Waals surface area contributed by atoms with Crippen molar-refractivity contribution in [2.24, 2.45) is 0 Å². The number of halogens is 1. The summed E-state index contributed by atoms with van der Waals surface area (Å²) in [5, 5.41) is 12.5. The third-order valence-corrected chi connectivity index (χ3v) is 5.93. The topological polar surface area (TPSA) is 68.5 Å². The van der Waals surface area contributed by atoms with Crippen molar-refractivity contribution < 1.29 is 13.9 Å². The molecule has 32 heavy (non-hydrogen) atoms. The molecule has 0 spiro atoms. The number of hydrogen-bond acceptors (Lipinski definition) is 7. The van der Waals surface area contributed by atoms with Gasteiger partial charge in [0.1, 0.15) is 11.9 Å². The number of rotatable bonds is 7. The second-order valence-corrected chi connectivity index (χ2v) is 7.93.